The van der Waals surface area contributed by atoms with E-state index in [1.807, 2.05) is 0 Å². The van der Waals surface area contributed by atoms with E-state index >= 15 is 0 Å². The molecule has 0 saturated heterocycles. The Morgan fingerprint density at radius 1 is 1.17 bits per heavy atom. The van der Waals surface area contributed by atoms with Gasteiger partial charge in [0.15, 0.2) is 0 Å². The lowest BCUT2D eigenvalue weighted by atomic mass is 10.3. The van der Waals surface area contributed by atoms with E-state index in [-0.39, 0.29) is 0 Å². The second-order valence-corrected chi connectivity index (χ2v) is 5.91. The molecule has 12 heteroatoms. The Balaban J connectivity index is 2.79. The van der Waals surface area contributed by atoms with E-state index in [0.29, 0.717) is 0 Å². The second-order valence-electron chi connectivity index (χ2n) is 4.17. The number of rotatable bonds is 7. The van der Waals surface area contributed by atoms with Crippen molar-refractivity contribution in [3.8, 4) is 5.75 Å². The van der Waals surface area contributed by atoms with Crippen LogP contribution < -0.4 is 14.8 Å². The van der Waals surface area contributed by atoms with Crippen molar-refractivity contribution in [2.75, 3.05) is 20.2 Å². The monoisotopic (exact) mass is 370 g/mol. The number of methoxy groups -OCH3 is 1. The number of carbonyl (C=O) groups is 2. The number of alkyl halides is 3. The van der Waals surface area contributed by atoms with Gasteiger partial charge in [0, 0.05) is 0 Å². The summed E-state index contributed by atoms with van der Waals surface area (Å²) >= 11 is 0. The summed E-state index contributed by atoms with van der Waals surface area (Å²) in [4.78, 5) is 21.4. The molecular formula is C12H13F3N2O6S. The van der Waals surface area contributed by atoms with Crippen LogP contribution in [0.4, 0.5) is 13.2 Å². The summed E-state index contributed by atoms with van der Waals surface area (Å²) in [5.74, 6) is -2.57. The summed E-state index contributed by atoms with van der Waals surface area (Å²) in [5, 5.41) is 2.06. The molecule has 1 aromatic rings. The maximum atomic E-state index is 12.3. The molecule has 8 nitrogen and oxygen atoms in total. The molecule has 24 heavy (non-hydrogen) atoms. The first kappa shape index (κ1) is 19.7. The highest BCUT2D eigenvalue weighted by Crippen LogP contribution is 2.28. The van der Waals surface area contributed by atoms with Crippen molar-refractivity contribution in [3.05, 3.63) is 24.3 Å². The Bertz CT molecular complexity index is 705. The minimum Gasteiger partial charge on any atom is -0.468 e. The van der Waals surface area contributed by atoms with Crippen LogP contribution in [0.25, 0.3) is 0 Å². The molecule has 0 aromatic heterocycles. The molecule has 0 atom stereocenters. The van der Waals surface area contributed by atoms with Crippen molar-refractivity contribution in [2.24, 2.45) is 0 Å². The summed E-state index contributed by atoms with van der Waals surface area (Å²) in [6, 6.07) is 4.05. The number of ether oxygens (including phenoxy) is 2. The van der Waals surface area contributed by atoms with Crippen molar-refractivity contribution in [3.63, 3.8) is 0 Å². The molecule has 1 amide bonds. The molecule has 0 bridgehead atoms. The maximum absolute atomic E-state index is 12.3. The predicted molar refractivity (Wildman–Crippen MR) is 73.3 cm³/mol. The molecule has 1 aromatic carbocycles. The van der Waals surface area contributed by atoms with Crippen molar-refractivity contribution in [1.82, 2.24) is 10.0 Å². The average Bonchev–Trinajstić information content (AvgIpc) is 2.49. The number of nitrogens with one attached hydrogen (secondary N) is 2. The number of hydrogen-bond acceptors (Lipinski definition) is 6. The van der Waals surface area contributed by atoms with E-state index in [9.17, 15) is 31.2 Å². The third-order valence-corrected chi connectivity index (χ3v) is 3.89. The second kappa shape index (κ2) is 7.97. The number of esters is 1. The Kier molecular flexibility index (Phi) is 6.54. The number of halogens is 3. The van der Waals surface area contributed by atoms with E-state index in [1.54, 1.807) is 4.72 Å². The molecule has 0 aliphatic heterocycles. The van der Waals surface area contributed by atoms with Crippen molar-refractivity contribution >= 4 is 21.9 Å². The molecule has 1 rings (SSSR count). The van der Waals surface area contributed by atoms with Crippen molar-refractivity contribution in [2.45, 2.75) is 11.3 Å². The molecule has 0 unspecified atom stereocenters. The number of para-hydroxylation sites is 1. The van der Waals surface area contributed by atoms with Crippen LogP contribution in [0.15, 0.2) is 29.2 Å². The van der Waals surface area contributed by atoms with Crippen LogP contribution in [0, 0.1) is 0 Å². The molecule has 0 radical (unpaired) electrons. The van der Waals surface area contributed by atoms with Crippen LogP contribution in [0.5, 0.6) is 5.75 Å². The highest BCUT2D eigenvalue weighted by atomic mass is 32.2. The van der Waals surface area contributed by atoms with Gasteiger partial charge in [0.25, 0.3) is 0 Å². The maximum Gasteiger partial charge on any atom is 0.573 e. The SMILES string of the molecule is COC(=O)CNC(=O)CNS(=O)(=O)c1ccccc1OC(F)(F)F. The van der Waals surface area contributed by atoms with Gasteiger partial charge in [0.1, 0.15) is 17.2 Å². The normalized spacial score (nSPS) is 11.7. The largest absolute Gasteiger partial charge is 0.573 e. The highest BCUT2D eigenvalue weighted by Gasteiger charge is 2.34. The van der Waals surface area contributed by atoms with E-state index in [0.717, 1.165) is 25.3 Å². The number of benzene rings is 1. The van der Waals surface area contributed by atoms with Gasteiger partial charge in [-0.15, -0.1) is 13.2 Å². The van der Waals surface area contributed by atoms with Crippen LogP contribution in [-0.2, 0) is 24.3 Å². The van der Waals surface area contributed by atoms with Crippen molar-refractivity contribution in [1.29, 1.82) is 0 Å². The summed E-state index contributed by atoms with van der Waals surface area (Å²) in [5.41, 5.74) is 0. The highest BCUT2D eigenvalue weighted by molar-refractivity contribution is 7.89. The van der Waals surface area contributed by atoms with Crippen LogP contribution in [-0.4, -0.2) is 46.9 Å². The fraction of sp³-hybridized carbons (Fsp3) is 0.333. The van der Waals surface area contributed by atoms with Gasteiger partial charge in [-0.1, -0.05) is 12.1 Å². The van der Waals surface area contributed by atoms with Gasteiger partial charge in [0.2, 0.25) is 15.9 Å². The lowest BCUT2D eigenvalue weighted by Crippen LogP contribution is -2.39. The van der Waals surface area contributed by atoms with Gasteiger partial charge in [-0.3, -0.25) is 9.59 Å². The molecule has 0 heterocycles. The topological polar surface area (TPSA) is 111 Å². The molecule has 0 fully saturated rings. The first-order valence-electron chi connectivity index (χ1n) is 6.23. The third kappa shape index (κ3) is 6.42. The number of carbonyl (C=O) groups excluding carboxylic acids is 2. The van der Waals surface area contributed by atoms with Gasteiger partial charge in [0.05, 0.1) is 13.7 Å². The smallest absolute Gasteiger partial charge is 0.468 e. The summed E-state index contributed by atoms with van der Waals surface area (Å²) < 4.78 is 70.6. The summed E-state index contributed by atoms with van der Waals surface area (Å²) in [6.07, 6.45) is -5.08. The van der Waals surface area contributed by atoms with Crippen molar-refractivity contribution < 1.29 is 40.7 Å². The van der Waals surface area contributed by atoms with E-state index in [4.69, 9.17) is 0 Å². The lowest BCUT2D eigenvalue weighted by Gasteiger charge is -2.13. The zero-order chi connectivity index (χ0) is 18.4. The van der Waals surface area contributed by atoms with Gasteiger partial charge in [-0.05, 0) is 12.1 Å². The minimum absolute atomic E-state index is 0.481. The van der Waals surface area contributed by atoms with Gasteiger partial charge in [-0.2, -0.15) is 0 Å². The summed E-state index contributed by atoms with van der Waals surface area (Å²) in [6.45, 7) is -1.27. The number of amides is 1. The van der Waals surface area contributed by atoms with Crippen LogP contribution in [0.3, 0.4) is 0 Å². The fourth-order valence-corrected chi connectivity index (χ4v) is 2.53. The molecule has 0 saturated carbocycles. The molecule has 134 valence electrons. The first-order chi connectivity index (χ1) is 11.0. The third-order valence-electron chi connectivity index (χ3n) is 2.44. The van der Waals surface area contributed by atoms with Gasteiger partial charge < -0.3 is 14.8 Å². The van der Waals surface area contributed by atoms with E-state index < -0.39 is 52.0 Å². The quantitative estimate of drug-likeness (QED) is 0.661. The van der Waals surface area contributed by atoms with E-state index in [2.05, 4.69) is 14.8 Å². The Labute approximate surface area is 135 Å². The zero-order valence-electron chi connectivity index (χ0n) is 12.2. The average molecular weight is 370 g/mol. The predicted octanol–water partition coefficient (Wildman–Crippen LogP) is 0.153. The summed E-state index contributed by atoms with van der Waals surface area (Å²) in [7, 11) is -3.36. The van der Waals surface area contributed by atoms with Crippen LogP contribution in [0.2, 0.25) is 0 Å². The zero-order valence-corrected chi connectivity index (χ0v) is 13.0. The molecule has 2 N–H and O–H groups in total. The van der Waals surface area contributed by atoms with E-state index in [1.165, 1.54) is 6.07 Å². The van der Waals surface area contributed by atoms with Gasteiger partial charge in [-0.25, -0.2) is 13.1 Å². The Morgan fingerprint density at radius 2 is 1.79 bits per heavy atom. The molecule has 0 spiro atoms. The van der Waals surface area contributed by atoms with Gasteiger partial charge >= 0.3 is 12.3 Å². The molecule has 0 aliphatic rings. The lowest BCUT2D eigenvalue weighted by molar-refractivity contribution is -0.275. The first-order valence-corrected chi connectivity index (χ1v) is 7.71. The standard InChI is InChI=1S/C12H13F3N2O6S/c1-22-11(19)7-16-10(18)6-17-24(20,21)9-5-3-2-4-8(9)23-12(13,14)15/h2-5,17H,6-7H2,1H3,(H,16,18). The molecular weight excluding hydrogens is 357 g/mol. The van der Waals surface area contributed by atoms with Crippen LogP contribution >= 0.6 is 0 Å². The Hall–Kier alpha value is -2.34. The van der Waals surface area contributed by atoms with Crippen LogP contribution in [0.1, 0.15) is 0 Å². The molecule has 0 aliphatic carbocycles. The Morgan fingerprint density at radius 3 is 2.38 bits per heavy atom. The number of sulfonamides is 1. The fourth-order valence-electron chi connectivity index (χ4n) is 1.42. The minimum atomic E-state index is -5.08. The number of hydrogen-bond donors (Lipinski definition) is 2.